The Labute approximate surface area is 104 Å². The van der Waals surface area contributed by atoms with Crippen molar-refractivity contribution in [3.8, 4) is 0 Å². The average molecular weight is 249 g/mol. The van der Waals surface area contributed by atoms with Gasteiger partial charge in [-0.2, -0.15) is 0 Å². The largest absolute Gasteiger partial charge is 0.324 e. The number of nitrogens with one attached hydrogen (secondary N) is 1. The van der Waals surface area contributed by atoms with Gasteiger partial charge in [-0.15, -0.1) is 0 Å². The molecule has 0 spiro atoms. The van der Waals surface area contributed by atoms with E-state index in [0.717, 1.165) is 12.8 Å². The lowest BCUT2D eigenvalue weighted by molar-refractivity contribution is -0.384. The lowest BCUT2D eigenvalue weighted by Crippen LogP contribution is -2.50. The second-order valence-electron chi connectivity index (χ2n) is 4.82. The van der Waals surface area contributed by atoms with E-state index in [-0.39, 0.29) is 17.5 Å². The zero-order chi connectivity index (χ0) is 13.3. The fourth-order valence-electron chi connectivity index (χ4n) is 1.80. The predicted molar refractivity (Wildman–Crippen MR) is 67.0 cm³/mol. The molecule has 1 amide bonds. The minimum absolute atomic E-state index is 0.00861. The van der Waals surface area contributed by atoms with Crippen molar-refractivity contribution in [3.63, 3.8) is 0 Å². The molecule has 0 saturated heterocycles. The molecule has 0 radical (unpaired) electrons. The fourth-order valence-corrected chi connectivity index (χ4v) is 1.80. The van der Waals surface area contributed by atoms with Gasteiger partial charge in [-0.25, -0.2) is 0 Å². The molecule has 0 aliphatic heterocycles. The van der Waals surface area contributed by atoms with Gasteiger partial charge >= 0.3 is 0 Å². The van der Waals surface area contributed by atoms with E-state index < -0.39 is 10.5 Å². The topological polar surface area (TPSA) is 98.3 Å². The summed E-state index contributed by atoms with van der Waals surface area (Å²) < 4.78 is 0. The van der Waals surface area contributed by atoms with Gasteiger partial charge in [-0.3, -0.25) is 14.9 Å². The van der Waals surface area contributed by atoms with Gasteiger partial charge in [0.05, 0.1) is 10.5 Å². The lowest BCUT2D eigenvalue weighted by atomic mass is 9.96. The third-order valence-electron chi connectivity index (χ3n) is 3.25. The highest BCUT2D eigenvalue weighted by Crippen LogP contribution is 2.38. The quantitative estimate of drug-likeness (QED) is 0.626. The van der Waals surface area contributed by atoms with Crippen molar-refractivity contribution in [1.29, 1.82) is 0 Å². The third-order valence-corrected chi connectivity index (χ3v) is 3.25. The van der Waals surface area contributed by atoms with Crippen LogP contribution in [-0.2, 0) is 4.79 Å². The van der Waals surface area contributed by atoms with Gasteiger partial charge in [-0.1, -0.05) is 0 Å². The number of nitrogens with two attached hydrogens (primary N) is 1. The smallest absolute Gasteiger partial charge is 0.269 e. The number of non-ortho nitro benzene ring substituents is 1. The van der Waals surface area contributed by atoms with Crippen molar-refractivity contribution < 1.29 is 9.72 Å². The third kappa shape index (κ3) is 2.48. The summed E-state index contributed by atoms with van der Waals surface area (Å²) in [6.45, 7) is 1.71. The number of hydrogen-bond donors (Lipinski definition) is 2. The van der Waals surface area contributed by atoms with Gasteiger partial charge in [0.1, 0.15) is 0 Å². The molecule has 1 unspecified atom stereocenters. The van der Waals surface area contributed by atoms with Crippen LogP contribution in [-0.4, -0.2) is 16.4 Å². The monoisotopic (exact) mass is 249 g/mol. The molecule has 18 heavy (non-hydrogen) atoms. The maximum Gasteiger partial charge on any atom is 0.269 e. The molecular weight excluding hydrogens is 234 g/mol. The van der Waals surface area contributed by atoms with E-state index in [2.05, 4.69) is 5.32 Å². The van der Waals surface area contributed by atoms with Gasteiger partial charge in [0, 0.05) is 17.8 Å². The molecule has 1 fully saturated rings. The summed E-state index contributed by atoms with van der Waals surface area (Å²) in [5, 5.41) is 13.2. The van der Waals surface area contributed by atoms with Crippen LogP contribution in [0.15, 0.2) is 24.3 Å². The highest BCUT2D eigenvalue weighted by Gasteiger charge is 2.44. The Balaban J connectivity index is 2.05. The summed E-state index contributed by atoms with van der Waals surface area (Å²) in [6, 6.07) is 5.69. The molecule has 96 valence electrons. The number of nitro benzene ring substituents is 1. The Morgan fingerprint density at radius 1 is 1.44 bits per heavy atom. The van der Waals surface area contributed by atoms with Gasteiger partial charge in [0.2, 0.25) is 5.91 Å². The predicted octanol–water partition coefficient (Wildman–Crippen LogP) is 1.66. The van der Waals surface area contributed by atoms with E-state index >= 15 is 0 Å². The molecule has 1 aromatic rings. The molecule has 1 aromatic carbocycles. The van der Waals surface area contributed by atoms with E-state index in [1.54, 1.807) is 6.92 Å². The van der Waals surface area contributed by atoms with Gasteiger partial charge in [0.25, 0.3) is 5.69 Å². The first-order chi connectivity index (χ1) is 8.41. The number of benzene rings is 1. The zero-order valence-corrected chi connectivity index (χ0v) is 10.1. The minimum Gasteiger partial charge on any atom is -0.324 e. The van der Waals surface area contributed by atoms with Gasteiger partial charge in [0.15, 0.2) is 0 Å². The highest BCUT2D eigenvalue weighted by atomic mass is 16.6. The Morgan fingerprint density at radius 2 is 2.00 bits per heavy atom. The van der Waals surface area contributed by atoms with Crippen LogP contribution in [0.1, 0.15) is 19.8 Å². The van der Waals surface area contributed by atoms with Crippen LogP contribution in [0, 0.1) is 16.0 Å². The van der Waals surface area contributed by atoms with Crippen LogP contribution in [0.2, 0.25) is 0 Å². The van der Waals surface area contributed by atoms with Crippen molar-refractivity contribution in [2.24, 2.45) is 11.7 Å². The van der Waals surface area contributed by atoms with Crippen LogP contribution < -0.4 is 11.1 Å². The van der Waals surface area contributed by atoms with E-state index in [0.29, 0.717) is 5.69 Å². The standard InChI is InChI=1S/C12H15N3O3/c1-12(13,8-2-3-8)11(16)14-9-4-6-10(7-5-9)15(17)18/h4-8H,2-3,13H2,1H3,(H,14,16). The van der Waals surface area contributed by atoms with Crippen LogP contribution >= 0.6 is 0 Å². The molecule has 0 aromatic heterocycles. The molecule has 2 rings (SSSR count). The number of rotatable bonds is 4. The average Bonchev–Trinajstić information content (AvgIpc) is 3.13. The molecule has 6 heteroatoms. The molecule has 6 nitrogen and oxygen atoms in total. The van der Waals surface area contributed by atoms with Crippen molar-refractivity contribution in [2.45, 2.75) is 25.3 Å². The van der Waals surface area contributed by atoms with E-state index in [1.165, 1.54) is 24.3 Å². The lowest BCUT2D eigenvalue weighted by Gasteiger charge is -2.23. The summed E-state index contributed by atoms with van der Waals surface area (Å²) in [5.74, 6) is -0.0191. The van der Waals surface area contributed by atoms with Crippen LogP contribution in [0.25, 0.3) is 0 Å². The van der Waals surface area contributed by atoms with Crippen molar-refractivity contribution >= 4 is 17.3 Å². The Morgan fingerprint density at radius 3 is 2.44 bits per heavy atom. The molecule has 1 aliphatic carbocycles. The molecular formula is C12H15N3O3. The van der Waals surface area contributed by atoms with Gasteiger partial charge < -0.3 is 11.1 Å². The first kappa shape index (κ1) is 12.5. The number of carbonyl (C=O) groups excluding carboxylic acids is 1. The number of carbonyl (C=O) groups is 1. The molecule has 1 saturated carbocycles. The number of amides is 1. The number of nitro groups is 1. The summed E-state index contributed by atoms with van der Waals surface area (Å²) in [6.07, 6.45) is 1.95. The minimum atomic E-state index is -0.873. The van der Waals surface area contributed by atoms with Crippen LogP contribution in [0.4, 0.5) is 11.4 Å². The number of nitrogens with zero attached hydrogens (tertiary/aromatic N) is 1. The second kappa shape index (κ2) is 4.38. The normalized spacial score (nSPS) is 17.9. The Bertz CT molecular complexity index is 478. The highest BCUT2D eigenvalue weighted by molar-refractivity contribution is 5.98. The zero-order valence-electron chi connectivity index (χ0n) is 10.1. The number of hydrogen-bond acceptors (Lipinski definition) is 4. The maximum atomic E-state index is 12.0. The summed E-state index contributed by atoms with van der Waals surface area (Å²) >= 11 is 0. The van der Waals surface area contributed by atoms with E-state index in [4.69, 9.17) is 5.73 Å². The molecule has 1 atom stereocenters. The maximum absolute atomic E-state index is 12.0. The molecule has 0 bridgehead atoms. The second-order valence-corrected chi connectivity index (χ2v) is 4.82. The molecule has 0 heterocycles. The summed E-state index contributed by atoms with van der Waals surface area (Å²) in [4.78, 5) is 22.0. The van der Waals surface area contributed by atoms with E-state index in [1.807, 2.05) is 0 Å². The summed E-state index contributed by atoms with van der Waals surface area (Å²) in [5.41, 5.74) is 5.61. The molecule has 3 N–H and O–H groups in total. The summed E-state index contributed by atoms with van der Waals surface area (Å²) in [7, 11) is 0. The van der Waals surface area contributed by atoms with Crippen molar-refractivity contribution in [2.75, 3.05) is 5.32 Å². The van der Waals surface area contributed by atoms with Gasteiger partial charge in [-0.05, 0) is 37.8 Å². The first-order valence-electron chi connectivity index (χ1n) is 5.76. The fraction of sp³-hybridized carbons (Fsp3) is 0.417. The van der Waals surface area contributed by atoms with Crippen LogP contribution in [0.3, 0.4) is 0 Å². The van der Waals surface area contributed by atoms with Crippen LogP contribution in [0.5, 0.6) is 0 Å². The first-order valence-corrected chi connectivity index (χ1v) is 5.76. The molecule has 1 aliphatic rings. The van der Waals surface area contributed by atoms with Crippen molar-refractivity contribution in [3.05, 3.63) is 34.4 Å². The number of anilines is 1. The Kier molecular flexibility index (Phi) is 3.04. The van der Waals surface area contributed by atoms with Crippen molar-refractivity contribution in [1.82, 2.24) is 0 Å². The SMILES string of the molecule is CC(N)(C(=O)Nc1ccc([N+](=O)[O-])cc1)C1CC1. The Hall–Kier alpha value is -1.95. The van der Waals surface area contributed by atoms with E-state index in [9.17, 15) is 14.9 Å².